The normalized spacial score (nSPS) is 14.3. The summed E-state index contributed by atoms with van der Waals surface area (Å²) in [6, 6.07) is 0. The molecule has 0 bridgehead atoms. The molecule has 0 aromatic rings. The van der Waals surface area contributed by atoms with Crippen molar-refractivity contribution in [1.82, 2.24) is 0 Å². The van der Waals surface area contributed by atoms with Crippen molar-refractivity contribution in [2.75, 3.05) is 47.5 Å². The molecule has 0 saturated carbocycles. The number of rotatable bonds is 60. The third-order valence-electron chi connectivity index (χ3n) is 13.7. The van der Waals surface area contributed by atoms with Crippen LogP contribution in [0.3, 0.4) is 0 Å². The van der Waals surface area contributed by atoms with Gasteiger partial charge in [-0.15, -0.1) is 0 Å². The predicted molar refractivity (Wildman–Crippen MR) is 371 cm³/mol. The van der Waals surface area contributed by atoms with Crippen molar-refractivity contribution in [3.05, 3.63) is 170 Å². The number of carbonyl (C=O) groups is 2. The molecule has 9 nitrogen and oxygen atoms in total. The summed E-state index contributed by atoms with van der Waals surface area (Å²) in [6.07, 6.45) is 98.7. The van der Waals surface area contributed by atoms with E-state index in [9.17, 15) is 19.0 Å². The smallest absolute Gasteiger partial charge is 0.462 e. The van der Waals surface area contributed by atoms with Gasteiger partial charge in [-0.3, -0.25) is 18.6 Å². The van der Waals surface area contributed by atoms with Crippen molar-refractivity contribution in [3.63, 3.8) is 0 Å². The fourth-order valence-corrected chi connectivity index (χ4v) is 9.36. The maximum Gasteiger partial charge on any atom is 0.472 e. The number of likely N-dealkylation sites (N-methyl/N-ethyl adjacent to an activating group) is 1. The van der Waals surface area contributed by atoms with Crippen LogP contribution in [0.2, 0.25) is 0 Å². The third kappa shape index (κ3) is 68.5. The summed E-state index contributed by atoms with van der Waals surface area (Å²) in [5.74, 6) is -0.845. The Morgan fingerprint density at radius 3 is 0.942 bits per heavy atom. The summed E-state index contributed by atoms with van der Waals surface area (Å²) in [5.41, 5.74) is 0. The van der Waals surface area contributed by atoms with Crippen LogP contribution in [0.5, 0.6) is 0 Å². The molecule has 0 heterocycles. The van der Waals surface area contributed by atoms with E-state index in [2.05, 4.69) is 184 Å². The molecule has 0 aromatic carbocycles. The van der Waals surface area contributed by atoms with Crippen molar-refractivity contribution in [3.8, 4) is 0 Å². The Balaban J connectivity index is 4.19. The number of hydrogen-bond donors (Lipinski definition) is 1. The number of phosphoric ester groups is 1. The minimum Gasteiger partial charge on any atom is -0.462 e. The maximum absolute atomic E-state index is 12.9. The fraction of sp³-hybridized carbons (Fsp3) is 0.605. The first-order chi connectivity index (χ1) is 42.0. The topological polar surface area (TPSA) is 108 Å². The highest BCUT2D eigenvalue weighted by molar-refractivity contribution is 7.47. The highest BCUT2D eigenvalue weighted by Gasteiger charge is 2.27. The molecule has 2 atom stereocenters. The van der Waals surface area contributed by atoms with E-state index in [-0.39, 0.29) is 32.0 Å². The number of carbonyl (C=O) groups excluding carboxylic acids is 2. The lowest BCUT2D eigenvalue weighted by molar-refractivity contribution is -0.870. The first kappa shape index (κ1) is 81.4. The molecular weight excluding hydrogens is 1090 g/mol. The van der Waals surface area contributed by atoms with Gasteiger partial charge in [0.1, 0.15) is 19.8 Å². The van der Waals surface area contributed by atoms with Crippen LogP contribution in [0.25, 0.3) is 0 Å². The zero-order valence-electron chi connectivity index (χ0n) is 55.2. The Labute approximate surface area is 528 Å². The van der Waals surface area contributed by atoms with E-state index >= 15 is 0 Å². The van der Waals surface area contributed by atoms with E-state index < -0.39 is 26.5 Å². The molecule has 1 N–H and O–H groups in total. The first-order valence-corrected chi connectivity index (χ1v) is 35.4. The van der Waals surface area contributed by atoms with Gasteiger partial charge in [-0.2, -0.15) is 0 Å². The second kappa shape index (κ2) is 64.8. The average molecular weight is 1210 g/mol. The highest BCUT2D eigenvalue weighted by atomic mass is 31.2. The van der Waals surface area contributed by atoms with Gasteiger partial charge in [0, 0.05) is 12.8 Å². The molecule has 0 amide bonds. The minimum atomic E-state index is -4.41. The summed E-state index contributed by atoms with van der Waals surface area (Å²) in [7, 11) is 1.43. The largest absolute Gasteiger partial charge is 0.472 e. The molecule has 86 heavy (non-hydrogen) atoms. The molecular formula is C76H125NO8P+. The molecule has 0 aliphatic carbocycles. The SMILES string of the molecule is CC/C=C\C/C=C\C/C=C\C/C=C\C/C=C\C/C=C\C/C=C\C/C=C\C/C=C\CCCCCC(=O)OC(COC(=O)CCCCCCCCCCCCCCCCC/C=C\C/C=C\C/C=C\C/C=C\C/C=C\CC)COP(=O)(O)OCC[N+](C)(C)C. The molecule has 10 heteroatoms. The Kier molecular flexibility index (Phi) is 61.3. The van der Waals surface area contributed by atoms with E-state index in [0.29, 0.717) is 17.4 Å². The second-order valence-corrected chi connectivity index (χ2v) is 24.5. The van der Waals surface area contributed by atoms with Gasteiger partial charge < -0.3 is 18.9 Å². The number of quaternary nitrogens is 1. The van der Waals surface area contributed by atoms with E-state index in [0.717, 1.165) is 128 Å². The van der Waals surface area contributed by atoms with Crippen molar-refractivity contribution in [1.29, 1.82) is 0 Å². The molecule has 0 fully saturated rings. The third-order valence-corrected chi connectivity index (χ3v) is 14.7. The summed E-state index contributed by atoms with van der Waals surface area (Å²) < 4.78 is 34.6. The number of allylic oxidation sites excluding steroid dienone is 28. The molecule has 0 aromatic heterocycles. The Hall–Kier alpha value is -4.63. The van der Waals surface area contributed by atoms with Gasteiger partial charge in [-0.25, -0.2) is 4.57 Å². The summed E-state index contributed by atoms with van der Waals surface area (Å²) >= 11 is 0. The van der Waals surface area contributed by atoms with Gasteiger partial charge in [-0.05, 0) is 128 Å². The van der Waals surface area contributed by atoms with Crippen molar-refractivity contribution in [2.45, 2.75) is 251 Å². The molecule has 0 aliphatic rings. The number of esters is 2. The van der Waals surface area contributed by atoms with Crippen LogP contribution in [-0.4, -0.2) is 74.9 Å². The lowest BCUT2D eigenvalue weighted by Crippen LogP contribution is -2.37. The summed E-state index contributed by atoms with van der Waals surface area (Å²) in [5, 5.41) is 0. The van der Waals surface area contributed by atoms with E-state index in [1.54, 1.807) is 0 Å². The Morgan fingerprint density at radius 2 is 0.628 bits per heavy atom. The average Bonchev–Trinajstić information content (AvgIpc) is 3.56. The zero-order valence-corrected chi connectivity index (χ0v) is 56.1. The van der Waals surface area contributed by atoms with Gasteiger partial charge in [0.25, 0.3) is 0 Å². The van der Waals surface area contributed by atoms with Crippen molar-refractivity contribution < 1.29 is 42.1 Å². The fourth-order valence-electron chi connectivity index (χ4n) is 8.62. The summed E-state index contributed by atoms with van der Waals surface area (Å²) in [6.45, 7) is 4.15. The van der Waals surface area contributed by atoms with Gasteiger partial charge in [0.2, 0.25) is 0 Å². The Bertz CT molecular complexity index is 2060. The maximum atomic E-state index is 12.9. The Morgan fingerprint density at radius 1 is 0.360 bits per heavy atom. The van der Waals surface area contributed by atoms with Gasteiger partial charge in [0.15, 0.2) is 6.10 Å². The number of phosphoric acid groups is 1. The minimum absolute atomic E-state index is 0.0159. The molecule has 2 unspecified atom stereocenters. The monoisotopic (exact) mass is 1210 g/mol. The molecule has 0 radical (unpaired) electrons. The van der Waals surface area contributed by atoms with Crippen molar-refractivity contribution >= 4 is 19.8 Å². The quantitative estimate of drug-likeness (QED) is 0.0211. The van der Waals surface area contributed by atoms with Gasteiger partial charge in [-0.1, -0.05) is 274 Å². The lowest BCUT2D eigenvalue weighted by Gasteiger charge is -2.24. The van der Waals surface area contributed by atoms with Crippen LogP contribution >= 0.6 is 7.82 Å². The van der Waals surface area contributed by atoms with Crippen LogP contribution in [-0.2, 0) is 32.7 Å². The van der Waals surface area contributed by atoms with Gasteiger partial charge in [0.05, 0.1) is 27.7 Å². The predicted octanol–water partition coefficient (Wildman–Crippen LogP) is 22.2. The van der Waals surface area contributed by atoms with Crippen LogP contribution in [0, 0.1) is 0 Å². The highest BCUT2D eigenvalue weighted by Crippen LogP contribution is 2.43. The van der Waals surface area contributed by atoms with E-state index in [1.165, 1.54) is 83.5 Å². The van der Waals surface area contributed by atoms with Crippen LogP contribution in [0.15, 0.2) is 170 Å². The molecule has 0 saturated heterocycles. The number of ether oxygens (including phenoxy) is 2. The zero-order chi connectivity index (χ0) is 62.6. The van der Waals surface area contributed by atoms with E-state index in [1.807, 2.05) is 21.1 Å². The number of hydrogen-bond acceptors (Lipinski definition) is 7. The van der Waals surface area contributed by atoms with E-state index in [4.69, 9.17) is 18.5 Å². The molecule has 0 aliphatic heterocycles. The van der Waals surface area contributed by atoms with Gasteiger partial charge >= 0.3 is 19.8 Å². The number of nitrogens with zero attached hydrogens (tertiary/aromatic N) is 1. The molecule has 0 spiro atoms. The second-order valence-electron chi connectivity index (χ2n) is 23.1. The first-order valence-electron chi connectivity index (χ1n) is 33.9. The number of unbranched alkanes of at least 4 members (excludes halogenated alkanes) is 18. The standard InChI is InChI=1S/C76H124NO8P/c1-6-8-10-12-14-16-18-20-22-24-26-28-30-32-34-36-38-40-42-44-46-48-50-52-54-56-58-60-62-64-66-68-75(78)82-72-74(73-84-86(80,81)83-71-70-77(3,4)5)85-76(79)69-67-65-63-61-59-57-55-53-51-49-47-45-43-41-39-37-35-33-31-29-27-25-23-21-19-17-15-13-11-9-7-2/h8-11,14-17,20-23,26-29,32-35,39,41,45,47,51,53,57,59,74H,6-7,12-13,18-19,24-25,30-31,36-38,40,42-44,46,48-50,52,54-56,58,60-73H2,1-5H3/p+1/b10-8-,11-9-,16-14-,17-15-,22-20-,23-21-,28-26-,29-27-,34-32-,35-33-,41-39-,47-45-,53-51-,59-57-. The molecule has 0 rings (SSSR count). The lowest BCUT2D eigenvalue weighted by atomic mass is 10.0. The summed E-state index contributed by atoms with van der Waals surface area (Å²) in [4.78, 5) is 35.8. The van der Waals surface area contributed by atoms with Crippen molar-refractivity contribution in [2.24, 2.45) is 0 Å². The van der Waals surface area contributed by atoms with Crippen LogP contribution in [0.1, 0.15) is 245 Å². The van der Waals surface area contributed by atoms with Crippen LogP contribution in [0.4, 0.5) is 0 Å². The molecule has 486 valence electrons. The van der Waals surface area contributed by atoms with Crippen LogP contribution < -0.4 is 0 Å².